The van der Waals surface area contributed by atoms with Gasteiger partial charge in [-0.15, -0.1) is 0 Å². The molecule has 0 saturated heterocycles. The Labute approximate surface area is 119 Å². The predicted molar refractivity (Wildman–Crippen MR) is 81.5 cm³/mol. The fraction of sp³-hybridized carbons (Fsp3) is 0.571. The highest BCUT2D eigenvalue weighted by Crippen LogP contribution is 2.34. The smallest absolute Gasteiger partial charge is 0.315 e. The average molecular weight is 281 g/mol. The zero-order valence-electron chi connectivity index (χ0n) is 12.5. The van der Waals surface area contributed by atoms with Crippen molar-refractivity contribution in [2.75, 3.05) is 30.9 Å². The Balaban J connectivity index is 3.09. The van der Waals surface area contributed by atoms with Crippen molar-refractivity contribution in [3.05, 3.63) is 28.3 Å². The summed E-state index contributed by atoms with van der Waals surface area (Å²) < 4.78 is 5.13. The Morgan fingerprint density at radius 1 is 1.35 bits per heavy atom. The molecule has 0 aliphatic heterocycles. The van der Waals surface area contributed by atoms with Gasteiger partial charge in [0, 0.05) is 13.7 Å². The molecule has 0 aromatic heterocycles. The molecule has 20 heavy (non-hydrogen) atoms. The van der Waals surface area contributed by atoms with Crippen LogP contribution in [-0.4, -0.2) is 30.7 Å². The highest BCUT2D eigenvalue weighted by molar-refractivity contribution is 5.76. The number of nitro benzene ring substituents is 1. The molecule has 1 aromatic carbocycles. The zero-order chi connectivity index (χ0) is 15.2. The number of hydrogen-bond acceptors (Lipinski definition) is 5. The van der Waals surface area contributed by atoms with E-state index in [9.17, 15) is 10.1 Å². The Kier molecular flexibility index (Phi) is 5.76. The van der Waals surface area contributed by atoms with Crippen LogP contribution in [0.3, 0.4) is 0 Å². The second-order valence-corrected chi connectivity index (χ2v) is 5.33. The molecule has 6 heteroatoms. The molecule has 0 unspecified atom stereocenters. The van der Waals surface area contributed by atoms with Crippen LogP contribution in [0.1, 0.15) is 27.2 Å². The lowest BCUT2D eigenvalue weighted by Crippen LogP contribution is -2.36. The second-order valence-electron chi connectivity index (χ2n) is 5.33. The highest BCUT2D eigenvalue weighted by atomic mass is 16.6. The molecule has 0 heterocycles. The van der Waals surface area contributed by atoms with Gasteiger partial charge in [-0.05, 0) is 32.4 Å². The summed E-state index contributed by atoms with van der Waals surface area (Å²) in [5, 5.41) is 17.6. The summed E-state index contributed by atoms with van der Waals surface area (Å²) >= 11 is 0. The van der Waals surface area contributed by atoms with E-state index in [4.69, 9.17) is 4.74 Å². The van der Waals surface area contributed by atoms with Crippen LogP contribution >= 0.6 is 0 Å². The predicted octanol–water partition coefficient (Wildman–Crippen LogP) is 3.25. The minimum Gasteiger partial charge on any atom is -0.382 e. The standard InChI is InChI=1S/C14H23N3O3/c1-5-9-15-11-7-6-8-12(13(11)17(18)19)16-14(2,3)10-20-4/h6-8,15-16H,5,9-10H2,1-4H3. The summed E-state index contributed by atoms with van der Waals surface area (Å²) in [5.74, 6) is 0. The number of hydrogen-bond donors (Lipinski definition) is 2. The van der Waals surface area contributed by atoms with Crippen LogP contribution in [0.4, 0.5) is 17.1 Å². The molecule has 0 saturated carbocycles. The van der Waals surface area contributed by atoms with E-state index in [0.717, 1.165) is 6.42 Å². The van der Waals surface area contributed by atoms with E-state index in [1.807, 2.05) is 20.8 Å². The molecular formula is C14H23N3O3. The van der Waals surface area contributed by atoms with Gasteiger partial charge in [-0.3, -0.25) is 10.1 Å². The first-order chi connectivity index (χ1) is 9.41. The van der Waals surface area contributed by atoms with Crippen LogP contribution in [0.25, 0.3) is 0 Å². The monoisotopic (exact) mass is 281 g/mol. The molecule has 0 fully saturated rings. The maximum Gasteiger partial charge on any atom is 0.315 e. The lowest BCUT2D eigenvalue weighted by molar-refractivity contribution is -0.383. The third-order valence-corrected chi connectivity index (χ3v) is 2.76. The summed E-state index contributed by atoms with van der Waals surface area (Å²) in [4.78, 5) is 11.0. The third kappa shape index (κ3) is 4.38. The van der Waals surface area contributed by atoms with Crippen molar-refractivity contribution in [1.29, 1.82) is 0 Å². The molecular weight excluding hydrogens is 258 g/mol. The van der Waals surface area contributed by atoms with E-state index < -0.39 is 0 Å². The van der Waals surface area contributed by atoms with Crippen molar-refractivity contribution in [2.45, 2.75) is 32.7 Å². The first-order valence-electron chi connectivity index (χ1n) is 6.69. The molecule has 0 atom stereocenters. The van der Waals surface area contributed by atoms with Crippen molar-refractivity contribution >= 4 is 17.1 Å². The molecule has 1 rings (SSSR count). The van der Waals surface area contributed by atoms with E-state index in [2.05, 4.69) is 10.6 Å². The quantitative estimate of drug-likeness (QED) is 0.565. The number of nitro groups is 1. The van der Waals surface area contributed by atoms with E-state index in [0.29, 0.717) is 24.5 Å². The van der Waals surface area contributed by atoms with Crippen LogP contribution in [0.15, 0.2) is 18.2 Å². The van der Waals surface area contributed by atoms with Gasteiger partial charge in [-0.1, -0.05) is 13.0 Å². The third-order valence-electron chi connectivity index (χ3n) is 2.76. The molecule has 0 aliphatic rings. The van der Waals surface area contributed by atoms with E-state index in [1.54, 1.807) is 25.3 Å². The maximum atomic E-state index is 11.3. The Bertz CT molecular complexity index is 461. The van der Waals surface area contributed by atoms with Gasteiger partial charge in [0.2, 0.25) is 0 Å². The van der Waals surface area contributed by atoms with E-state index >= 15 is 0 Å². The number of para-hydroxylation sites is 1. The van der Waals surface area contributed by atoms with Crippen LogP contribution in [-0.2, 0) is 4.74 Å². The molecule has 2 N–H and O–H groups in total. The van der Waals surface area contributed by atoms with Crippen LogP contribution in [0.2, 0.25) is 0 Å². The minimum atomic E-state index is -0.386. The summed E-state index contributed by atoms with van der Waals surface area (Å²) in [5.41, 5.74) is 0.724. The molecule has 112 valence electrons. The lowest BCUT2D eigenvalue weighted by atomic mass is 10.1. The fourth-order valence-corrected chi connectivity index (χ4v) is 2.00. The molecule has 0 aliphatic carbocycles. The second kappa shape index (κ2) is 7.09. The average Bonchev–Trinajstić information content (AvgIpc) is 2.35. The van der Waals surface area contributed by atoms with Crippen molar-refractivity contribution in [1.82, 2.24) is 0 Å². The van der Waals surface area contributed by atoms with Gasteiger partial charge in [0.25, 0.3) is 0 Å². The number of anilines is 2. The summed E-state index contributed by atoms with van der Waals surface area (Å²) in [6.07, 6.45) is 0.907. The summed E-state index contributed by atoms with van der Waals surface area (Å²) in [7, 11) is 1.61. The van der Waals surface area contributed by atoms with Gasteiger partial charge >= 0.3 is 5.69 Å². The zero-order valence-corrected chi connectivity index (χ0v) is 12.5. The summed E-state index contributed by atoms with van der Waals surface area (Å²) in [6.45, 7) is 7.05. The molecule has 0 radical (unpaired) electrons. The van der Waals surface area contributed by atoms with Crippen LogP contribution in [0.5, 0.6) is 0 Å². The minimum absolute atomic E-state index is 0.0742. The first-order valence-corrected chi connectivity index (χ1v) is 6.69. The van der Waals surface area contributed by atoms with Gasteiger partial charge in [0.15, 0.2) is 0 Å². The number of ether oxygens (including phenoxy) is 1. The van der Waals surface area contributed by atoms with Crippen molar-refractivity contribution < 1.29 is 9.66 Å². The Hall–Kier alpha value is -1.82. The SMILES string of the molecule is CCCNc1cccc(NC(C)(C)COC)c1[N+](=O)[O-]. The molecule has 1 aromatic rings. The van der Waals surface area contributed by atoms with Gasteiger partial charge in [-0.25, -0.2) is 0 Å². The van der Waals surface area contributed by atoms with Crippen molar-refractivity contribution in [3.63, 3.8) is 0 Å². The number of rotatable bonds is 8. The number of benzene rings is 1. The Morgan fingerprint density at radius 3 is 2.55 bits per heavy atom. The number of methoxy groups -OCH3 is 1. The summed E-state index contributed by atoms with van der Waals surface area (Å²) in [6, 6.07) is 5.24. The molecule has 6 nitrogen and oxygen atoms in total. The van der Waals surface area contributed by atoms with Crippen molar-refractivity contribution in [2.24, 2.45) is 0 Å². The highest BCUT2D eigenvalue weighted by Gasteiger charge is 2.25. The number of nitrogens with one attached hydrogen (secondary N) is 2. The van der Waals surface area contributed by atoms with Gasteiger partial charge in [0.1, 0.15) is 11.4 Å². The van der Waals surface area contributed by atoms with E-state index in [1.165, 1.54) is 0 Å². The van der Waals surface area contributed by atoms with Crippen LogP contribution < -0.4 is 10.6 Å². The molecule has 0 spiro atoms. The fourth-order valence-electron chi connectivity index (χ4n) is 2.00. The van der Waals surface area contributed by atoms with Gasteiger partial charge < -0.3 is 15.4 Å². The lowest BCUT2D eigenvalue weighted by Gasteiger charge is -2.26. The largest absolute Gasteiger partial charge is 0.382 e. The topological polar surface area (TPSA) is 76.4 Å². The number of nitrogens with zero attached hydrogens (tertiary/aromatic N) is 1. The van der Waals surface area contributed by atoms with Gasteiger partial charge in [-0.2, -0.15) is 0 Å². The first kappa shape index (κ1) is 16.2. The maximum absolute atomic E-state index is 11.3. The van der Waals surface area contributed by atoms with Crippen LogP contribution in [0, 0.1) is 10.1 Å². The van der Waals surface area contributed by atoms with Crippen molar-refractivity contribution in [3.8, 4) is 0 Å². The molecule has 0 bridgehead atoms. The Morgan fingerprint density at radius 2 is 2.00 bits per heavy atom. The molecule has 0 amide bonds. The normalized spacial score (nSPS) is 11.2. The van der Waals surface area contributed by atoms with E-state index in [-0.39, 0.29) is 16.1 Å². The van der Waals surface area contributed by atoms with Gasteiger partial charge in [0.05, 0.1) is 17.1 Å².